The number of carbonyl (C=O) groups excluding carboxylic acids is 5. The van der Waals surface area contributed by atoms with E-state index >= 15 is 0 Å². The van der Waals surface area contributed by atoms with E-state index < -0.39 is 77.7 Å². The van der Waals surface area contributed by atoms with Gasteiger partial charge in [0, 0.05) is 24.4 Å². The van der Waals surface area contributed by atoms with Gasteiger partial charge in [-0.15, -0.1) is 0 Å². The summed E-state index contributed by atoms with van der Waals surface area (Å²) in [6.07, 6.45) is 2.46. The second-order valence-electron chi connectivity index (χ2n) is 16.9. The molecule has 1 aromatic carbocycles. The van der Waals surface area contributed by atoms with Crippen LogP contribution in [0.25, 0.3) is 10.4 Å². The van der Waals surface area contributed by atoms with Gasteiger partial charge in [-0.25, -0.2) is 4.79 Å². The zero-order chi connectivity index (χ0) is 45.2. The molecule has 20 heteroatoms. The number of benzene rings is 1. The number of nitrogens with two attached hydrogens (primary N) is 2. The van der Waals surface area contributed by atoms with Gasteiger partial charge in [-0.3, -0.25) is 29.0 Å². The number of guanidine groups is 1. The Morgan fingerprint density at radius 1 is 0.917 bits per heavy atom. The molecule has 5 amide bonds. The maximum Gasteiger partial charge on any atom is 0.326 e. The molecule has 1 fully saturated rings. The van der Waals surface area contributed by atoms with E-state index in [2.05, 4.69) is 36.3 Å². The van der Waals surface area contributed by atoms with Crippen molar-refractivity contribution < 1.29 is 43.5 Å². The number of aromatic hydroxyl groups is 1. The number of azide groups is 1. The molecule has 10 N–H and O–H groups in total. The molecule has 1 aliphatic rings. The van der Waals surface area contributed by atoms with Crippen molar-refractivity contribution in [1.82, 2.24) is 26.2 Å². The third kappa shape index (κ3) is 17.3. The van der Waals surface area contributed by atoms with Crippen LogP contribution in [0.2, 0.25) is 0 Å². The summed E-state index contributed by atoms with van der Waals surface area (Å²) in [7, 11) is 5.98. The fraction of sp³-hybridized carbons (Fsp3) is 0.675. The smallest absolute Gasteiger partial charge is 0.326 e. The van der Waals surface area contributed by atoms with Gasteiger partial charge in [-0.05, 0) is 80.0 Å². The molecule has 1 saturated heterocycles. The van der Waals surface area contributed by atoms with E-state index in [9.17, 15) is 44.5 Å². The Hall–Kier alpha value is -5.62. The van der Waals surface area contributed by atoms with Crippen molar-refractivity contribution in [3.05, 3.63) is 40.3 Å². The molecule has 1 heterocycles. The average Bonchev–Trinajstić information content (AvgIpc) is 3.67. The van der Waals surface area contributed by atoms with Gasteiger partial charge in [0.1, 0.15) is 42.0 Å². The van der Waals surface area contributed by atoms with Gasteiger partial charge in [0.15, 0.2) is 5.96 Å². The number of aliphatic imine (C=N–C) groups is 1. The largest absolute Gasteiger partial charge is 0.508 e. The van der Waals surface area contributed by atoms with Crippen LogP contribution >= 0.6 is 0 Å². The quantitative estimate of drug-likeness (QED) is 0.0133. The first-order valence-corrected chi connectivity index (χ1v) is 20.6. The van der Waals surface area contributed by atoms with E-state index in [0.29, 0.717) is 35.9 Å². The molecule has 0 saturated carbocycles. The highest BCUT2D eigenvalue weighted by Crippen LogP contribution is 2.22. The zero-order valence-electron chi connectivity index (χ0n) is 36.1. The molecule has 0 aromatic heterocycles. The van der Waals surface area contributed by atoms with E-state index in [1.165, 1.54) is 17.0 Å². The van der Waals surface area contributed by atoms with Crippen molar-refractivity contribution in [2.45, 2.75) is 122 Å². The minimum Gasteiger partial charge on any atom is -0.508 e. The molecular weight excluding hydrogens is 777 g/mol. The highest BCUT2D eigenvalue weighted by atomic mass is 16.4. The van der Waals surface area contributed by atoms with Gasteiger partial charge in [-0.1, -0.05) is 51.4 Å². The lowest BCUT2D eigenvalue weighted by Gasteiger charge is -2.31. The number of quaternary nitrogens is 1. The number of phenols is 1. The second-order valence-corrected chi connectivity index (χ2v) is 16.9. The van der Waals surface area contributed by atoms with Gasteiger partial charge in [-0.2, -0.15) is 0 Å². The van der Waals surface area contributed by atoms with Crippen LogP contribution in [-0.2, 0) is 35.2 Å². The number of carboxylic acid groups (broad SMARTS) is 1. The van der Waals surface area contributed by atoms with Crippen molar-refractivity contribution >= 4 is 41.5 Å². The van der Waals surface area contributed by atoms with Gasteiger partial charge < -0.3 is 52.3 Å². The van der Waals surface area contributed by atoms with Crippen LogP contribution in [0.5, 0.6) is 5.75 Å². The van der Waals surface area contributed by atoms with Crippen molar-refractivity contribution in [1.29, 1.82) is 0 Å². The van der Waals surface area contributed by atoms with Crippen LogP contribution in [0.4, 0.5) is 0 Å². The number of hydrogen-bond donors (Lipinski definition) is 8. The Kier molecular flexibility index (Phi) is 20.6. The van der Waals surface area contributed by atoms with Crippen LogP contribution in [0.1, 0.15) is 84.6 Å². The molecular formula is C40H67N12O8+. The summed E-state index contributed by atoms with van der Waals surface area (Å²) in [5.74, 6) is -5.07. The lowest BCUT2D eigenvalue weighted by molar-refractivity contribution is -0.870. The zero-order valence-corrected chi connectivity index (χ0v) is 36.1. The first kappa shape index (κ1) is 50.5. The number of likely N-dealkylation sites (tertiary alicyclic amines) is 1. The van der Waals surface area contributed by atoms with E-state index in [1.54, 1.807) is 19.1 Å². The predicted octanol–water partition coefficient (Wildman–Crippen LogP) is 1.26. The summed E-state index contributed by atoms with van der Waals surface area (Å²) >= 11 is 0. The SMILES string of the molecule is CC[C@H](C)[C@@H](NC(=O)[C@@H](Cc1ccc(O)cc1)NC(=O)[C@H]1CCCN1C(=O)[C@@H](CCCN=C(N)N)NC(=O)C(CCC[N+](C)(C)C)N=[N+]=[N-])C(=O)N[C@H](CC(C)C)C(=O)O. The predicted molar refractivity (Wildman–Crippen MR) is 226 cm³/mol. The molecule has 1 unspecified atom stereocenters. The van der Waals surface area contributed by atoms with E-state index in [4.69, 9.17) is 11.5 Å². The second kappa shape index (κ2) is 24.5. The lowest BCUT2D eigenvalue weighted by atomic mass is 9.96. The van der Waals surface area contributed by atoms with E-state index in [1.807, 2.05) is 41.9 Å². The number of carbonyl (C=O) groups is 6. The van der Waals surface area contributed by atoms with E-state index in [0.717, 1.165) is 0 Å². The maximum atomic E-state index is 14.3. The molecule has 334 valence electrons. The van der Waals surface area contributed by atoms with Crippen molar-refractivity contribution in [2.24, 2.45) is 33.4 Å². The van der Waals surface area contributed by atoms with Crippen LogP contribution in [0, 0.1) is 11.8 Å². The Bertz CT molecular complexity index is 1690. The molecule has 0 bridgehead atoms. The molecule has 0 spiro atoms. The highest BCUT2D eigenvalue weighted by Gasteiger charge is 2.40. The first-order chi connectivity index (χ1) is 28.2. The molecule has 7 atom stereocenters. The van der Waals surface area contributed by atoms with E-state index in [-0.39, 0.29) is 69.2 Å². The molecule has 20 nitrogen and oxygen atoms in total. The summed E-state index contributed by atoms with van der Waals surface area (Å²) in [4.78, 5) is 89.8. The standard InChI is InChI=1S/C40H66N12O8/c1-8-25(4)33(37(57)47-31(39(59)60)22-24(2)3)48-35(55)30(23-26-15-17-27(53)18-16-26)46-36(56)32-14-10-20-51(32)38(58)29(12-9-19-44-40(41)42)45-34(54)28(49-50-43)13-11-21-52(5,6)7/h15-18,24-25,28-33H,8-14,19-23H2,1-7H3,(H9-,41,42,44,45,46,47,48,53,54,55,56,57,59,60)/p+1/t25-,28?,29+,30+,31+,32+,33+/m0/s1. The lowest BCUT2D eigenvalue weighted by Crippen LogP contribution is -2.60. The number of carboxylic acids is 1. The summed E-state index contributed by atoms with van der Waals surface area (Å²) in [5, 5.41) is 34.2. The number of hydrogen-bond acceptors (Lipinski definition) is 9. The van der Waals surface area contributed by atoms with Crippen LogP contribution in [0.15, 0.2) is 34.4 Å². The number of rotatable bonds is 25. The van der Waals surface area contributed by atoms with Crippen LogP contribution < -0.4 is 32.7 Å². The van der Waals surface area contributed by atoms with Gasteiger partial charge in [0.2, 0.25) is 29.5 Å². The monoisotopic (exact) mass is 844 g/mol. The van der Waals surface area contributed by atoms with Crippen molar-refractivity contribution in [3.63, 3.8) is 0 Å². The molecule has 0 aliphatic carbocycles. The van der Waals surface area contributed by atoms with Crippen LogP contribution in [-0.4, -0.2) is 138 Å². The molecule has 60 heavy (non-hydrogen) atoms. The van der Waals surface area contributed by atoms with Crippen molar-refractivity contribution in [2.75, 3.05) is 40.8 Å². The highest BCUT2D eigenvalue weighted by molar-refractivity contribution is 5.97. The summed E-state index contributed by atoms with van der Waals surface area (Å²) in [6.45, 7) is 8.26. The van der Waals surface area contributed by atoms with Gasteiger partial charge in [0.25, 0.3) is 0 Å². The number of nitrogens with one attached hydrogen (secondary N) is 4. The number of amides is 5. The topological polar surface area (TPSA) is 307 Å². The minimum absolute atomic E-state index is 0.0124. The van der Waals surface area contributed by atoms with Gasteiger partial charge >= 0.3 is 5.97 Å². The summed E-state index contributed by atoms with van der Waals surface area (Å²) < 4.78 is 0.631. The Morgan fingerprint density at radius 2 is 1.57 bits per heavy atom. The van der Waals surface area contributed by atoms with Crippen LogP contribution in [0.3, 0.4) is 0 Å². The van der Waals surface area contributed by atoms with Gasteiger partial charge in [0.05, 0.1) is 27.7 Å². The Morgan fingerprint density at radius 3 is 2.13 bits per heavy atom. The number of phenolic OH excluding ortho intramolecular Hbond substituents is 1. The third-order valence-corrected chi connectivity index (χ3v) is 10.3. The fourth-order valence-corrected chi connectivity index (χ4v) is 6.85. The normalized spacial score (nSPS) is 16.9. The minimum atomic E-state index is -1.27. The molecule has 1 aromatic rings. The Labute approximate surface area is 352 Å². The number of nitrogens with zero attached hydrogens (tertiary/aromatic N) is 6. The fourth-order valence-electron chi connectivity index (χ4n) is 6.85. The average molecular weight is 844 g/mol. The molecule has 2 rings (SSSR count). The Balaban J connectivity index is 2.41. The molecule has 1 aliphatic heterocycles. The maximum absolute atomic E-state index is 14.3. The summed E-state index contributed by atoms with van der Waals surface area (Å²) in [5.41, 5.74) is 20.8. The third-order valence-electron chi connectivity index (χ3n) is 10.3. The molecule has 0 radical (unpaired) electrons. The van der Waals surface area contributed by atoms with Crippen molar-refractivity contribution in [3.8, 4) is 5.75 Å². The summed E-state index contributed by atoms with van der Waals surface area (Å²) in [6, 6.07) is -0.839. The number of aliphatic carboxylic acids is 1. The first-order valence-electron chi connectivity index (χ1n) is 20.6.